The second-order valence-corrected chi connectivity index (χ2v) is 8.48. The van der Waals surface area contributed by atoms with E-state index in [1.54, 1.807) is 28.8 Å². The third kappa shape index (κ3) is 7.41. The molecule has 2 aromatic carbocycles. The van der Waals surface area contributed by atoms with E-state index in [2.05, 4.69) is 36.5 Å². The highest BCUT2D eigenvalue weighted by Gasteiger charge is 2.28. The van der Waals surface area contributed by atoms with Gasteiger partial charge < -0.3 is 10.2 Å². The number of hydrogen-bond acceptors (Lipinski definition) is 3. The van der Waals surface area contributed by atoms with Crippen molar-refractivity contribution in [3.63, 3.8) is 0 Å². The third-order valence-corrected chi connectivity index (χ3v) is 5.87. The number of nitrogens with one attached hydrogen (secondary N) is 1. The van der Waals surface area contributed by atoms with Crippen LogP contribution in [0.4, 0.5) is 0 Å². The molecule has 4 nitrogen and oxygen atoms in total. The maximum Gasteiger partial charge on any atom is 0.242 e. The topological polar surface area (TPSA) is 49.4 Å². The lowest BCUT2D eigenvalue weighted by Gasteiger charge is -2.30. The summed E-state index contributed by atoms with van der Waals surface area (Å²) >= 11 is 7.64. The zero-order chi connectivity index (χ0) is 21.2. The van der Waals surface area contributed by atoms with E-state index in [1.807, 2.05) is 26.0 Å². The van der Waals surface area contributed by atoms with Crippen LogP contribution in [0.25, 0.3) is 0 Å². The van der Waals surface area contributed by atoms with Crippen LogP contribution < -0.4 is 5.32 Å². The Morgan fingerprint density at radius 3 is 2.31 bits per heavy atom. The molecule has 0 radical (unpaired) electrons. The Hall–Kier alpha value is -1.98. The van der Waals surface area contributed by atoms with Crippen molar-refractivity contribution < 1.29 is 9.59 Å². The first-order chi connectivity index (χ1) is 13.9. The molecule has 156 valence electrons. The number of benzene rings is 2. The Bertz CT molecular complexity index is 794. The van der Waals surface area contributed by atoms with Gasteiger partial charge in [0.2, 0.25) is 11.8 Å². The van der Waals surface area contributed by atoms with Gasteiger partial charge in [0.15, 0.2) is 0 Å². The largest absolute Gasteiger partial charge is 0.355 e. The number of likely N-dealkylation sites (N-methyl/N-ethyl adjacent to an activating group) is 1. The second-order valence-electron chi connectivity index (χ2n) is 6.88. The van der Waals surface area contributed by atoms with Crippen molar-refractivity contribution in [2.24, 2.45) is 0 Å². The monoisotopic (exact) mass is 432 g/mol. The van der Waals surface area contributed by atoms with Gasteiger partial charge in [-0.25, -0.2) is 0 Å². The summed E-state index contributed by atoms with van der Waals surface area (Å²) in [6, 6.07) is 15.2. The van der Waals surface area contributed by atoms with Crippen molar-refractivity contribution in [2.75, 3.05) is 12.3 Å². The van der Waals surface area contributed by atoms with Gasteiger partial charge in [-0.1, -0.05) is 48.4 Å². The molecular formula is C23H29ClN2O2S. The van der Waals surface area contributed by atoms with E-state index in [0.717, 1.165) is 10.5 Å². The normalized spacial score (nSPS) is 11.7. The van der Waals surface area contributed by atoms with Gasteiger partial charge in [-0.05, 0) is 50.1 Å². The predicted octanol–water partition coefficient (Wildman–Crippen LogP) is 5.07. The molecule has 0 saturated heterocycles. The minimum atomic E-state index is -0.484. The van der Waals surface area contributed by atoms with Crippen molar-refractivity contribution in [1.29, 1.82) is 0 Å². The van der Waals surface area contributed by atoms with Crippen LogP contribution in [0.1, 0.15) is 37.8 Å². The van der Waals surface area contributed by atoms with Crippen LogP contribution in [-0.2, 0) is 16.1 Å². The smallest absolute Gasteiger partial charge is 0.242 e. The van der Waals surface area contributed by atoms with Gasteiger partial charge >= 0.3 is 0 Å². The van der Waals surface area contributed by atoms with E-state index in [1.165, 1.54) is 5.56 Å². The molecule has 2 rings (SSSR count). The molecule has 0 aliphatic heterocycles. The van der Waals surface area contributed by atoms with Crippen LogP contribution in [0.2, 0.25) is 5.02 Å². The highest BCUT2D eigenvalue weighted by molar-refractivity contribution is 7.99. The molecule has 29 heavy (non-hydrogen) atoms. The van der Waals surface area contributed by atoms with Crippen molar-refractivity contribution in [1.82, 2.24) is 10.2 Å². The maximum atomic E-state index is 13.1. The lowest BCUT2D eigenvalue weighted by Crippen LogP contribution is -2.49. The van der Waals surface area contributed by atoms with Crippen LogP contribution in [0.3, 0.4) is 0 Å². The molecule has 1 N–H and O–H groups in total. The van der Waals surface area contributed by atoms with Gasteiger partial charge in [-0.15, -0.1) is 11.8 Å². The van der Waals surface area contributed by atoms with E-state index in [0.29, 0.717) is 36.7 Å². The highest BCUT2D eigenvalue weighted by atomic mass is 35.5. The summed E-state index contributed by atoms with van der Waals surface area (Å²) in [4.78, 5) is 28.5. The predicted molar refractivity (Wildman–Crippen MR) is 121 cm³/mol. The van der Waals surface area contributed by atoms with Crippen molar-refractivity contribution >= 4 is 35.2 Å². The Kier molecular flexibility index (Phi) is 9.55. The fraction of sp³-hybridized carbons (Fsp3) is 0.391. The molecule has 0 spiro atoms. The standard InChI is InChI=1S/C23H29ClN2O2S/c1-4-21(23(28)25-5-2)26(16-18-8-10-19(24)11-9-18)22(27)14-15-29-20-12-6-17(3)7-13-20/h6-13,21H,4-5,14-16H2,1-3H3,(H,25,28). The highest BCUT2D eigenvalue weighted by Crippen LogP contribution is 2.21. The molecule has 0 aliphatic rings. The molecule has 1 atom stereocenters. The van der Waals surface area contributed by atoms with Crippen LogP contribution in [0, 0.1) is 6.92 Å². The van der Waals surface area contributed by atoms with Gasteiger partial charge in [0.1, 0.15) is 6.04 Å². The van der Waals surface area contributed by atoms with Crippen molar-refractivity contribution in [3.05, 3.63) is 64.7 Å². The van der Waals surface area contributed by atoms with E-state index in [4.69, 9.17) is 11.6 Å². The fourth-order valence-corrected chi connectivity index (χ4v) is 4.00. The summed E-state index contributed by atoms with van der Waals surface area (Å²) in [5.41, 5.74) is 2.17. The second kappa shape index (κ2) is 11.9. The van der Waals surface area contributed by atoms with Gasteiger partial charge in [-0.2, -0.15) is 0 Å². The van der Waals surface area contributed by atoms with E-state index >= 15 is 0 Å². The lowest BCUT2D eigenvalue weighted by molar-refractivity contribution is -0.141. The minimum Gasteiger partial charge on any atom is -0.355 e. The summed E-state index contributed by atoms with van der Waals surface area (Å²) < 4.78 is 0. The molecule has 2 amide bonds. The summed E-state index contributed by atoms with van der Waals surface area (Å²) in [7, 11) is 0. The number of thioether (sulfide) groups is 1. The molecule has 0 aromatic heterocycles. The number of hydrogen-bond donors (Lipinski definition) is 1. The van der Waals surface area contributed by atoms with E-state index in [9.17, 15) is 9.59 Å². The van der Waals surface area contributed by atoms with Gasteiger partial charge in [0.25, 0.3) is 0 Å². The quantitative estimate of drug-likeness (QED) is 0.533. The Morgan fingerprint density at radius 1 is 1.07 bits per heavy atom. The molecule has 0 bridgehead atoms. The maximum absolute atomic E-state index is 13.1. The summed E-state index contributed by atoms with van der Waals surface area (Å²) in [5, 5.41) is 3.50. The minimum absolute atomic E-state index is 0.0161. The molecule has 0 heterocycles. The lowest BCUT2D eigenvalue weighted by atomic mass is 10.1. The first-order valence-corrected chi connectivity index (χ1v) is 11.3. The van der Waals surface area contributed by atoms with Crippen molar-refractivity contribution in [2.45, 2.75) is 51.1 Å². The van der Waals surface area contributed by atoms with Gasteiger partial charge in [-0.3, -0.25) is 9.59 Å². The summed E-state index contributed by atoms with van der Waals surface area (Å²) in [6.45, 7) is 6.80. The van der Waals surface area contributed by atoms with E-state index < -0.39 is 6.04 Å². The zero-order valence-corrected chi connectivity index (χ0v) is 18.9. The molecular weight excluding hydrogens is 404 g/mol. The van der Waals surface area contributed by atoms with Crippen LogP contribution >= 0.6 is 23.4 Å². The summed E-state index contributed by atoms with van der Waals surface area (Å²) in [6.07, 6.45) is 0.943. The average Bonchev–Trinajstić information content (AvgIpc) is 2.71. The molecule has 1 unspecified atom stereocenters. The Labute approximate surface area is 183 Å². The first kappa shape index (κ1) is 23.3. The van der Waals surface area contributed by atoms with E-state index in [-0.39, 0.29) is 11.8 Å². The number of rotatable bonds is 10. The van der Waals surface area contributed by atoms with Gasteiger partial charge in [0, 0.05) is 35.2 Å². The Morgan fingerprint density at radius 2 is 1.72 bits per heavy atom. The van der Waals surface area contributed by atoms with Crippen molar-refractivity contribution in [3.8, 4) is 0 Å². The zero-order valence-electron chi connectivity index (χ0n) is 17.3. The number of aryl methyl sites for hydroxylation is 1. The van der Waals surface area contributed by atoms with Crippen LogP contribution in [0.5, 0.6) is 0 Å². The molecule has 0 fully saturated rings. The molecule has 2 aromatic rings. The van der Waals surface area contributed by atoms with Crippen LogP contribution in [-0.4, -0.2) is 35.1 Å². The van der Waals surface area contributed by atoms with Crippen LogP contribution in [0.15, 0.2) is 53.4 Å². The number of amides is 2. The fourth-order valence-electron chi connectivity index (χ4n) is 3.03. The number of carbonyl (C=O) groups is 2. The first-order valence-electron chi connectivity index (χ1n) is 9.95. The number of carbonyl (C=O) groups excluding carboxylic acids is 2. The number of nitrogens with zero attached hydrogens (tertiary/aromatic N) is 1. The Balaban J connectivity index is 2.08. The average molecular weight is 433 g/mol. The third-order valence-electron chi connectivity index (χ3n) is 4.61. The number of halogens is 1. The molecule has 0 aliphatic carbocycles. The molecule has 0 saturated carbocycles. The molecule has 6 heteroatoms. The summed E-state index contributed by atoms with van der Waals surface area (Å²) in [5.74, 6) is 0.548. The van der Waals surface area contributed by atoms with Gasteiger partial charge in [0.05, 0.1) is 0 Å². The SMILES string of the molecule is CCNC(=O)C(CC)N(Cc1ccc(Cl)cc1)C(=O)CCSc1ccc(C)cc1.